The van der Waals surface area contributed by atoms with Crippen LogP contribution >= 0.6 is 7.82 Å². The average Bonchev–Trinajstić information content (AvgIpc) is 3.25. The van der Waals surface area contributed by atoms with Crippen molar-refractivity contribution >= 4 is 19.8 Å². The number of allylic oxidation sites excluding steroid dienone is 14. The number of unbranched alkanes of at least 4 members (excludes halogenated alkanes) is 17. The van der Waals surface area contributed by atoms with Crippen LogP contribution in [-0.2, 0) is 32.7 Å². The van der Waals surface area contributed by atoms with Crippen molar-refractivity contribution in [2.45, 2.75) is 200 Å². The molecule has 0 aromatic carbocycles. The molecule has 0 spiro atoms. The normalized spacial score (nSPS) is 14.2. The van der Waals surface area contributed by atoms with Crippen LogP contribution in [0.3, 0.4) is 0 Å². The maximum atomic E-state index is 12.7. The fourth-order valence-corrected chi connectivity index (χ4v) is 7.22. The molecule has 0 rings (SSSR count). The molecule has 64 heavy (non-hydrogen) atoms. The lowest BCUT2D eigenvalue weighted by Crippen LogP contribution is -2.37. The van der Waals surface area contributed by atoms with Crippen LogP contribution in [0, 0.1) is 0 Å². The quantitative estimate of drug-likeness (QED) is 0.0212. The Kier molecular flexibility index (Phi) is 43.4. The number of hydrogen-bond acceptors (Lipinski definition) is 7. The van der Waals surface area contributed by atoms with E-state index in [2.05, 4.69) is 92.8 Å². The highest BCUT2D eigenvalue weighted by Crippen LogP contribution is 2.43. The van der Waals surface area contributed by atoms with Gasteiger partial charge in [0.25, 0.3) is 0 Å². The van der Waals surface area contributed by atoms with E-state index in [0.717, 1.165) is 57.8 Å². The van der Waals surface area contributed by atoms with Gasteiger partial charge in [-0.15, -0.1) is 0 Å². The first kappa shape index (κ1) is 61.2. The summed E-state index contributed by atoms with van der Waals surface area (Å²) in [6.45, 7) is 4.20. The van der Waals surface area contributed by atoms with Crippen LogP contribution in [0.5, 0.6) is 0 Å². The summed E-state index contributed by atoms with van der Waals surface area (Å²) in [5.41, 5.74) is 0. The molecular formula is C54H95NO8P+. The molecule has 0 heterocycles. The van der Waals surface area contributed by atoms with Gasteiger partial charge in [-0.2, -0.15) is 0 Å². The number of rotatable bonds is 45. The summed E-state index contributed by atoms with van der Waals surface area (Å²) in [4.78, 5) is 35.5. The summed E-state index contributed by atoms with van der Waals surface area (Å²) < 4.78 is 34.3. The van der Waals surface area contributed by atoms with Crippen LogP contribution in [0.1, 0.15) is 194 Å². The Morgan fingerprint density at radius 3 is 1.39 bits per heavy atom. The van der Waals surface area contributed by atoms with Gasteiger partial charge in [-0.3, -0.25) is 18.6 Å². The summed E-state index contributed by atoms with van der Waals surface area (Å²) in [5, 5.41) is 0. The fraction of sp³-hybridized carbons (Fsp3) is 0.704. The molecule has 0 amide bonds. The van der Waals surface area contributed by atoms with Crippen molar-refractivity contribution in [1.82, 2.24) is 0 Å². The minimum absolute atomic E-state index is 0.0111. The molecule has 0 aromatic rings. The summed E-state index contributed by atoms with van der Waals surface area (Å²) in [7, 11) is 1.41. The van der Waals surface area contributed by atoms with Crippen molar-refractivity contribution in [2.24, 2.45) is 0 Å². The number of nitrogens with zero attached hydrogens (tertiary/aromatic N) is 1. The molecule has 0 saturated carbocycles. The zero-order valence-electron chi connectivity index (χ0n) is 41.5. The number of hydrogen-bond donors (Lipinski definition) is 1. The molecule has 0 bridgehead atoms. The average molecular weight is 917 g/mol. The van der Waals surface area contributed by atoms with Crippen molar-refractivity contribution in [1.29, 1.82) is 0 Å². The highest BCUT2D eigenvalue weighted by molar-refractivity contribution is 7.47. The van der Waals surface area contributed by atoms with Crippen molar-refractivity contribution < 1.29 is 42.1 Å². The van der Waals surface area contributed by atoms with Crippen LogP contribution in [0.15, 0.2) is 85.1 Å². The first-order valence-corrected chi connectivity index (χ1v) is 26.8. The molecule has 9 nitrogen and oxygen atoms in total. The summed E-state index contributed by atoms with van der Waals surface area (Å²) >= 11 is 0. The van der Waals surface area contributed by atoms with Gasteiger partial charge >= 0.3 is 19.8 Å². The zero-order chi connectivity index (χ0) is 47.1. The molecule has 0 aliphatic carbocycles. The molecule has 1 N–H and O–H groups in total. The van der Waals surface area contributed by atoms with Gasteiger partial charge in [0.2, 0.25) is 0 Å². The first-order valence-electron chi connectivity index (χ1n) is 25.3. The minimum atomic E-state index is -4.41. The van der Waals surface area contributed by atoms with E-state index in [0.29, 0.717) is 30.3 Å². The standard InChI is InChI=1S/C54H94NO8P/c1-6-8-10-12-14-16-18-20-22-24-25-26-27-28-29-31-32-34-36-38-40-42-44-46-53(56)60-50-52(51-62-64(58,59)61-49-48-55(3,4)5)63-54(57)47-45-43-41-39-37-35-33-30-23-21-19-17-15-13-11-9-7-2/h9,11,15,17,21,23,31-33,35,38-41,52H,6-8,10,12-14,16,18-20,22,24-30,34,36-37,42-51H2,1-5H3/p+1/b11-9+,17-15+,23-21+,32-31+,35-33+,40-38+,41-39+/t52-/m0/s1. The van der Waals surface area contributed by atoms with Crippen LogP contribution in [0.25, 0.3) is 0 Å². The van der Waals surface area contributed by atoms with Gasteiger partial charge in [0.15, 0.2) is 6.10 Å². The lowest BCUT2D eigenvalue weighted by Gasteiger charge is -2.24. The van der Waals surface area contributed by atoms with Crippen LogP contribution in [0.2, 0.25) is 0 Å². The highest BCUT2D eigenvalue weighted by Gasteiger charge is 2.27. The summed E-state index contributed by atoms with van der Waals surface area (Å²) in [5.74, 6) is -0.920. The minimum Gasteiger partial charge on any atom is -0.462 e. The maximum Gasteiger partial charge on any atom is 0.472 e. The lowest BCUT2D eigenvalue weighted by molar-refractivity contribution is -0.870. The topological polar surface area (TPSA) is 108 Å². The predicted molar refractivity (Wildman–Crippen MR) is 270 cm³/mol. The molecule has 2 atom stereocenters. The monoisotopic (exact) mass is 917 g/mol. The van der Waals surface area contributed by atoms with Gasteiger partial charge in [0.1, 0.15) is 19.8 Å². The first-order chi connectivity index (χ1) is 31.0. The smallest absolute Gasteiger partial charge is 0.462 e. The van der Waals surface area contributed by atoms with E-state index in [1.807, 2.05) is 27.2 Å². The van der Waals surface area contributed by atoms with Crippen molar-refractivity contribution in [2.75, 3.05) is 47.5 Å². The number of phosphoric ester groups is 1. The van der Waals surface area contributed by atoms with Crippen LogP contribution in [0.4, 0.5) is 0 Å². The second kappa shape index (κ2) is 45.4. The number of carbonyl (C=O) groups is 2. The largest absolute Gasteiger partial charge is 0.472 e. The Bertz CT molecular complexity index is 1360. The Balaban J connectivity index is 4.38. The van der Waals surface area contributed by atoms with Crippen LogP contribution < -0.4 is 0 Å². The SMILES string of the molecule is CC/C=C/C/C=C/C/C=C/C/C=C/C/C=C/CCCC(=O)O[C@@H](COC(=O)CCC/C=C/CC/C=C/CCCCCCCCCCCCCCCC)COP(=O)(O)OCC[N+](C)(C)C. The molecular weight excluding hydrogens is 822 g/mol. The molecule has 0 aliphatic heterocycles. The van der Waals surface area contributed by atoms with E-state index in [1.54, 1.807) is 0 Å². The fourth-order valence-electron chi connectivity index (χ4n) is 6.48. The van der Waals surface area contributed by atoms with Gasteiger partial charge in [-0.1, -0.05) is 182 Å². The highest BCUT2D eigenvalue weighted by atomic mass is 31.2. The third-order valence-corrected chi connectivity index (χ3v) is 11.4. The second-order valence-electron chi connectivity index (χ2n) is 17.8. The van der Waals surface area contributed by atoms with Gasteiger partial charge in [0.05, 0.1) is 27.7 Å². The molecule has 0 aromatic heterocycles. The van der Waals surface area contributed by atoms with Gasteiger partial charge in [-0.05, 0) is 83.5 Å². The number of phosphoric acid groups is 1. The zero-order valence-corrected chi connectivity index (χ0v) is 42.4. The van der Waals surface area contributed by atoms with Crippen molar-refractivity contribution in [3.8, 4) is 0 Å². The third kappa shape index (κ3) is 48.6. The van der Waals surface area contributed by atoms with Crippen molar-refractivity contribution in [3.05, 3.63) is 85.1 Å². The summed E-state index contributed by atoms with van der Waals surface area (Å²) in [6.07, 6.45) is 59.5. The number of quaternary nitrogens is 1. The molecule has 10 heteroatoms. The molecule has 1 unspecified atom stereocenters. The van der Waals surface area contributed by atoms with Crippen molar-refractivity contribution in [3.63, 3.8) is 0 Å². The molecule has 0 saturated heterocycles. The van der Waals surface area contributed by atoms with E-state index < -0.39 is 32.5 Å². The van der Waals surface area contributed by atoms with E-state index in [1.165, 1.54) is 89.9 Å². The maximum absolute atomic E-state index is 12.7. The van der Waals surface area contributed by atoms with Crippen LogP contribution in [-0.4, -0.2) is 74.9 Å². The van der Waals surface area contributed by atoms with Gasteiger partial charge < -0.3 is 18.9 Å². The van der Waals surface area contributed by atoms with Gasteiger partial charge in [0, 0.05) is 12.8 Å². The van der Waals surface area contributed by atoms with E-state index in [4.69, 9.17) is 18.5 Å². The second-order valence-corrected chi connectivity index (χ2v) is 19.3. The number of esters is 2. The molecule has 368 valence electrons. The van der Waals surface area contributed by atoms with Gasteiger partial charge in [-0.25, -0.2) is 4.57 Å². The Hall–Kier alpha value is -2.81. The lowest BCUT2D eigenvalue weighted by atomic mass is 10.0. The third-order valence-electron chi connectivity index (χ3n) is 10.4. The van der Waals surface area contributed by atoms with E-state index in [-0.39, 0.29) is 26.1 Å². The van der Waals surface area contributed by atoms with E-state index in [9.17, 15) is 19.0 Å². The molecule has 0 fully saturated rings. The Morgan fingerprint density at radius 1 is 0.500 bits per heavy atom. The summed E-state index contributed by atoms with van der Waals surface area (Å²) in [6, 6.07) is 0. The van der Waals surface area contributed by atoms with E-state index >= 15 is 0 Å². The Morgan fingerprint density at radius 2 is 0.906 bits per heavy atom. The number of likely N-dealkylation sites (N-methyl/N-ethyl adjacent to an activating group) is 1. The molecule has 0 radical (unpaired) electrons. The Labute approximate surface area is 392 Å². The predicted octanol–water partition coefficient (Wildman–Crippen LogP) is 15.1. The number of carbonyl (C=O) groups excluding carboxylic acids is 2. The number of ether oxygens (including phenoxy) is 2. The molecule has 0 aliphatic rings.